The highest BCUT2D eigenvalue weighted by molar-refractivity contribution is 9.10. The number of furan rings is 1. The first-order chi connectivity index (χ1) is 11.6. The van der Waals surface area contributed by atoms with Gasteiger partial charge in [-0.25, -0.2) is 0 Å². The van der Waals surface area contributed by atoms with E-state index in [-0.39, 0.29) is 24.2 Å². The number of Topliss-reactive ketones (excluding diaryl/α,β-unsaturated/α-hetero) is 1. The molecule has 0 N–H and O–H groups in total. The molecule has 0 unspecified atom stereocenters. The molecular weight excluding hydrogens is 380 g/mol. The van der Waals surface area contributed by atoms with Crippen molar-refractivity contribution in [1.82, 2.24) is 10.2 Å². The number of ether oxygens (including phenoxy) is 2. The largest absolute Gasteiger partial charge is 0.493 e. The number of ketones is 1. The number of carbonyl (C=O) groups is 1. The third kappa shape index (κ3) is 3.48. The van der Waals surface area contributed by atoms with Gasteiger partial charge >= 0.3 is 0 Å². The van der Waals surface area contributed by atoms with E-state index in [1.165, 1.54) is 14.0 Å². The molecule has 3 rings (SSSR count). The predicted octanol–water partition coefficient (Wildman–Crippen LogP) is 3.88. The van der Waals surface area contributed by atoms with Crippen LogP contribution in [0.3, 0.4) is 0 Å². The van der Waals surface area contributed by atoms with Gasteiger partial charge in [0.15, 0.2) is 34.3 Å². The number of halogens is 1. The first-order valence-electron chi connectivity index (χ1n) is 6.96. The van der Waals surface area contributed by atoms with Crippen molar-refractivity contribution < 1.29 is 23.1 Å². The molecule has 2 heterocycles. The highest BCUT2D eigenvalue weighted by Crippen LogP contribution is 2.29. The molecule has 0 amide bonds. The van der Waals surface area contributed by atoms with Gasteiger partial charge in [-0.3, -0.25) is 4.79 Å². The maximum absolute atomic E-state index is 11.4. The third-order valence-electron chi connectivity index (χ3n) is 3.17. The lowest BCUT2D eigenvalue weighted by Gasteiger charge is -2.10. The van der Waals surface area contributed by atoms with Crippen molar-refractivity contribution in [2.24, 2.45) is 0 Å². The van der Waals surface area contributed by atoms with Crippen LogP contribution in [0.5, 0.6) is 11.5 Å². The average molecular weight is 393 g/mol. The second-order valence-electron chi connectivity index (χ2n) is 4.82. The molecule has 0 aliphatic heterocycles. The van der Waals surface area contributed by atoms with Crippen molar-refractivity contribution in [3.63, 3.8) is 0 Å². The van der Waals surface area contributed by atoms with Gasteiger partial charge in [0.05, 0.1) is 7.11 Å². The lowest BCUT2D eigenvalue weighted by Crippen LogP contribution is -2.00. The van der Waals surface area contributed by atoms with Crippen LogP contribution in [0.2, 0.25) is 0 Å². The third-order valence-corrected chi connectivity index (χ3v) is 3.60. The summed E-state index contributed by atoms with van der Waals surface area (Å²) in [5.41, 5.74) is 0.544. The van der Waals surface area contributed by atoms with Gasteiger partial charge in [0.1, 0.15) is 0 Å². The van der Waals surface area contributed by atoms with Crippen LogP contribution in [0, 0.1) is 0 Å². The van der Waals surface area contributed by atoms with E-state index >= 15 is 0 Å². The molecule has 0 atom stereocenters. The maximum Gasteiger partial charge on any atom is 0.283 e. The van der Waals surface area contributed by atoms with Crippen LogP contribution in [0.15, 0.2) is 43.8 Å². The Morgan fingerprint density at radius 3 is 2.67 bits per heavy atom. The van der Waals surface area contributed by atoms with Crippen LogP contribution >= 0.6 is 15.9 Å². The van der Waals surface area contributed by atoms with E-state index in [1.807, 2.05) is 0 Å². The minimum Gasteiger partial charge on any atom is -0.493 e. The van der Waals surface area contributed by atoms with E-state index in [9.17, 15) is 4.79 Å². The molecule has 0 spiro atoms. The average Bonchev–Trinajstić information content (AvgIpc) is 3.21. The van der Waals surface area contributed by atoms with Gasteiger partial charge in [-0.1, -0.05) is 0 Å². The van der Waals surface area contributed by atoms with Crippen LogP contribution in [0.1, 0.15) is 23.2 Å². The van der Waals surface area contributed by atoms with Gasteiger partial charge in [0.2, 0.25) is 0 Å². The van der Waals surface area contributed by atoms with Crippen LogP contribution < -0.4 is 9.47 Å². The fourth-order valence-corrected chi connectivity index (χ4v) is 2.29. The number of hydrogen-bond donors (Lipinski definition) is 0. The zero-order valence-electron chi connectivity index (χ0n) is 12.9. The quantitative estimate of drug-likeness (QED) is 0.588. The zero-order valence-corrected chi connectivity index (χ0v) is 14.5. The Morgan fingerprint density at radius 2 is 2.00 bits per heavy atom. The predicted molar refractivity (Wildman–Crippen MR) is 87.0 cm³/mol. The first-order valence-corrected chi connectivity index (χ1v) is 7.76. The van der Waals surface area contributed by atoms with E-state index in [4.69, 9.17) is 18.3 Å². The minimum atomic E-state index is -0.0500. The van der Waals surface area contributed by atoms with Crippen LogP contribution in [-0.4, -0.2) is 23.1 Å². The molecule has 0 saturated carbocycles. The van der Waals surface area contributed by atoms with Gasteiger partial charge in [-0.15, -0.1) is 10.2 Å². The number of rotatable bonds is 6. The molecular formula is C16H13BrN2O5. The Balaban J connectivity index is 1.72. The number of aromatic nitrogens is 2. The fraction of sp³-hybridized carbons (Fsp3) is 0.188. The van der Waals surface area contributed by atoms with Crippen molar-refractivity contribution in [1.29, 1.82) is 0 Å². The molecule has 7 nitrogen and oxygen atoms in total. The van der Waals surface area contributed by atoms with Crippen LogP contribution in [0.25, 0.3) is 11.7 Å². The topological polar surface area (TPSA) is 87.6 Å². The molecule has 3 aromatic rings. The first kappa shape index (κ1) is 16.3. The summed E-state index contributed by atoms with van der Waals surface area (Å²) in [5.74, 6) is 1.89. The zero-order chi connectivity index (χ0) is 17.1. The molecule has 0 radical (unpaired) electrons. The second kappa shape index (κ2) is 6.88. The van der Waals surface area contributed by atoms with Crippen molar-refractivity contribution in [2.45, 2.75) is 13.5 Å². The molecule has 0 aliphatic carbocycles. The monoisotopic (exact) mass is 392 g/mol. The lowest BCUT2D eigenvalue weighted by molar-refractivity contribution is 0.101. The van der Waals surface area contributed by atoms with Crippen molar-refractivity contribution in [3.05, 3.63) is 46.5 Å². The van der Waals surface area contributed by atoms with Gasteiger partial charge in [0, 0.05) is 5.56 Å². The lowest BCUT2D eigenvalue weighted by atomic mass is 10.1. The number of methoxy groups -OCH3 is 1. The summed E-state index contributed by atoms with van der Waals surface area (Å²) >= 11 is 3.21. The number of hydrogen-bond acceptors (Lipinski definition) is 7. The molecule has 0 bridgehead atoms. The van der Waals surface area contributed by atoms with Crippen molar-refractivity contribution >= 4 is 21.7 Å². The Morgan fingerprint density at radius 1 is 1.17 bits per heavy atom. The fourth-order valence-electron chi connectivity index (χ4n) is 1.99. The Hall–Kier alpha value is -2.61. The summed E-state index contributed by atoms with van der Waals surface area (Å²) < 4.78 is 22.3. The van der Waals surface area contributed by atoms with Crippen LogP contribution in [-0.2, 0) is 6.61 Å². The van der Waals surface area contributed by atoms with Gasteiger partial charge < -0.3 is 18.3 Å². The smallest absolute Gasteiger partial charge is 0.283 e. The summed E-state index contributed by atoms with van der Waals surface area (Å²) in [5, 5.41) is 7.81. The molecule has 0 aliphatic rings. The second-order valence-corrected chi connectivity index (χ2v) is 5.60. The van der Waals surface area contributed by atoms with E-state index in [0.717, 1.165) is 0 Å². The van der Waals surface area contributed by atoms with E-state index in [0.29, 0.717) is 27.5 Å². The van der Waals surface area contributed by atoms with Crippen molar-refractivity contribution in [3.8, 4) is 23.1 Å². The van der Waals surface area contributed by atoms with E-state index < -0.39 is 0 Å². The number of benzene rings is 1. The van der Waals surface area contributed by atoms with Gasteiger partial charge in [-0.05, 0) is 53.2 Å². The Kier molecular flexibility index (Phi) is 4.66. The number of nitrogens with zero attached hydrogens (tertiary/aromatic N) is 2. The van der Waals surface area contributed by atoms with Gasteiger partial charge in [-0.2, -0.15) is 0 Å². The molecule has 8 heteroatoms. The molecule has 0 saturated heterocycles. The standard InChI is InChI=1S/C16H13BrN2O5/c1-9(20)10-3-4-11(13(7-10)21-2)22-8-15-18-19-16(24-15)12-5-6-14(17)23-12/h3-7H,8H2,1-2H3. The van der Waals surface area contributed by atoms with Gasteiger partial charge in [0.25, 0.3) is 11.8 Å². The Bertz CT molecular complexity index is 871. The molecule has 0 fully saturated rings. The molecule has 2 aromatic heterocycles. The summed E-state index contributed by atoms with van der Waals surface area (Å²) in [7, 11) is 1.51. The summed E-state index contributed by atoms with van der Waals surface area (Å²) in [6.45, 7) is 1.55. The SMILES string of the molecule is COc1cc(C(C)=O)ccc1OCc1nnc(-c2ccc(Br)o2)o1. The molecule has 124 valence electrons. The maximum atomic E-state index is 11.4. The highest BCUT2D eigenvalue weighted by Gasteiger charge is 2.14. The van der Waals surface area contributed by atoms with Crippen molar-refractivity contribution in [2.75, 3.05) is 7.11 Å². The number of carbonyl (C=O) groups excluding carboxylic acids is 1. The molecule has 24 heavy (non-hydrogen) atoms. The van der Waals surface area contributed by atoms with Crippen LogP contribution in [0.4, 0.5) is 0 Å². The normalized spacial score (nSPS) is 10.6. The van der Waals surface area contributed by atoms with E-state index in [1.54, 1.807) is 30.3 Å². The van der Waals surface area contributed by atoms with E-state index in [2.05, 4.69) is 26.1 Å². The molecule has 1 aromatic carbocycles. The highest BCUT2D eigenvalue weighted by atomic mass is 79.9. The Labute approximate surface area is 145 Å². The summed E-state index contributed by atoms with van der Waals surface area (Å²) in [4.78, 5) is 11.4. The minimum absolute atomic E-state index is 0.0500. The summed E-state index contributed by atoms with van der Waals surface area (Å²) in [6, 6.07) is 8.40. The summed E-state index contributed by atoms with van der Waals surface area (Å²) in [6.07, 6.45) is 0.